The first-order chi connectivity index (χ1) is 5.11. The Bertz CT molecular complexity index is 127. The lowest BCUT2D eigenvalue weighted by Gasteiger charge is -2.14. The van der Waals surface area contributed by atoms with E-state index in [0.717, 1.165) is 0 Å². The number of nitrogens with two attached hydrogens (primary N) is 2. The molecule has 0 fully saturated rings. The van der Waals surface area contributed by atoms with Gasteiger partial charge in [-0.15, -0.1) is 0 Å². The second kappa shape index (κ2) is 5.09. The van der Waals surface area contributed by atoms with Crippen LogP contribution in [0, 0.1) is 0 Å². The summed E-state index contributed by atoms with van der Waals surface area (Å²) in [6.45, 7) is 4.17. The largest absolute Gasteiger partial charge is 0.351 e. The van der Waals surface area contributed by atoms with E-state index in [4.69, 9.17) is 11.5 Å². The summed E-state index contributed by atoms with van der Waals surface area (Å²) in [6, 6.07) is -0.385. The molecular weight excluding hydrogens is 142 g/mol. The second-order valence-electron chi connectivity index (χ2n) is 2.66. The summed E-state index contributed by atoms with van der Waals surface area (Å²) >= 11 is 0. The molecule has 0 saturated carbocycles. The van der Waals surface area contributed by atoms with Crippen LogP contribution >= 0.6 is 0 Å². The zero-order valence-electron chi connectivity index (χ0n) is 7.13. The summed E-state index contributed by atoms with van der Waals surface area (Å²) in [5, 5.41) is 2.69. The molecule has 11 heavy (non-hydrogen) atoms. The fourth-order valence-electron chi connectivity index (χ4n) is 0.594. The molecular formula is C7H17N3O. The first kappa shape index (κ1) is 10.4. The van der Waals surface area contributed by atoms with Gasteiger partial charge in [-0.3, -0.25) is 4.79 Å². The van der Waals surface area contributed by atoms with Crippen molar-refractivity contribution in [3.8, 4) is 0 Å². The molecule has 0 radical (unpaired) electrons. The van der Waals surface area contributed by atoms with Crippen molar-refractivity contribution in [1.82, 2.24) is 5.32 Å². The van der Waals surface area contributed by atoms with Crippen LogP contribution in [0.1, 0.15) is 20.3 Å². The molecule has 1 amide bonds. The topological polar surface area (TPSA) is 81.1 Å². The Labute approximate surface area is 67.3 Å². The second-order valence-corrected chi connectivity index (χ2v) is 2.66. The highest BCUT2D eigenvalue weighted by molar-refractivity contribution is 5.81. The van der Waals surface area contributed by atoms with Crippen LogP contribution in [0.5, 0.6) is 0 Å². The Morgan fingerprint density at radius 3 is 2.55 bits per heavy atom. The van der Waals surface area contributed by atoms with Crippen molar-refractivity contribution in [1.29, 1.82) is 0 Å². The Balaban J connectivity index is 3.68. The lowest BCUT2D eigenvalue weighted by atomic mass is 10.2. The highest BCUT2D eigenvalue weighted by Crippen LogP contribution is 1.86. The van der Waals surface area contributed by atoms with Crippen LogP contribution in [0.25, 0.3) is 0 Å². The van der Waals surface area contributed by atoms with Gasteiger partial charge in [0, 0.05) is 12.6 Å². The Hall–Kier alpha value is -0.610. The molecule has 0 heterocycles. The monoisotopic (exact) mass is 159 g/mol. The summed E-state index contributed by atoms with van der Waals surface area (Å²) in [5.41, 5.74) is 10.8. The molecule has 0 aliphatic rings. The molecule has 0 rings (SSSR count). The van der Waals surface area contributed by atoms with Gasteiger partial charge in [-0.2, -0.15) is 0 Å². The quantitative estimate of drug-likeness (QED) is 0.501. The number of hydrogen-bond donors (Lipinski definition) is 3. The van der Waals surface area contributed by atoms with Gasteiger partial charge in [0.2, 0.25) is 5.91 Å². The van der Waals surface area contributed by atoms with Crippen molar-refractivity contribution < 1.29 is 4.79 Å². The fourth-order valence-corrected chi connectivity index (χ4v) is 0.594. The number of amides is 1. The van der Waals surface area contributed by atoms with Crippen molar-refractivity contribution >= 4 is 5.91 Å². The molecule has 5 N–H and O–H groups in total. The van der Waals surface area contributed by atoms with Gasteiger partial charge < -0.3 is 16.8 Å². The molecule has 0 unspecified atom stereocenters. The van der Waals surface area contributed by atoms with Crippen molar-refractivity contribution in [2.24, 2.45) is 11.5 Å². The van der Waals surface area contributed by atoms with Crippen LogP contribution in [0.2, 0.25) is 0 Å². The summed E-state index contributed by atoms with van der Waals surface area (Å²) in [4.78, 5) is 11.1. The molecule has 0 aromatic rings. The third-order valence-electron chi connectivity index (χ3n) is 1.52. The van der Waals surface area contributed by atoms with Gasteiger partial charge in [-0.05, 0) is 13.3 Å². The maximum Gasteiger partial charge on any atom is 0.237 e. The summed E-state index contributed by atoms with van der Waals surface area (Å²) in [5.74, 6) is -0.120. The molecule has 4 nitrogen and oxygen atoms in total. The van der Waals surface area contributed by atoms with Crippen molar-refractivity contribution in [2.75, 3.05) is 6.54 Å². The summed E-state index contributed by atoms with van der Waals surface area (Å²) < 4.78 is 0. The molecule has 0 bridgehead atoms. The number of rotatable bonds is 4. The van der Waals surface area contributed by atoms with E-state index in [2.05, 4.69) is 5.32 Å². The van der Waals surface area contributed by atoms with Crippen LogP contribution in [0.15, 0.2) is 0 Å². The minimum atomic E-state index is -0.399. The molecule has 0 saturated heterocycles. The van der Waals surface area contributed by atoms with E-state index in [1.54, 1.807) is 0 Å². The van der Waals surface area contributed by atoms with Crippen molar-refractivity contribution in [2.45, 2.75) is 32.4 Å². The van der Waals surface area contributed by atoms with Crippen molar-refractivity contribution in [3.63, 3.8) is 0 Å². The van der Waals surface area contributed by atoms with Crippen LogP contribution in [-0.2, 0) is 4.79 Å². The van der Waals surface area contributed by atoms with E-state index < -0.39 is 6.04 Å². The minimum Gasteiger partial charge on any atom is -0.351 e. The number of carbonyl (C=O) groups excluding carboxylic acids is 1. The maximum absolute atomic E-state index is 11.1. The minimum absolute atomic E-state index is 0.0140. The molecule has 0 aromatic carbocycles. The molecule has 0 aromatic heterocycles. The normalized spacial score (nSPS) is 15.6. The number of nitrogens with one attached hydrogen (secondary N) is 1. The van der Waals surface area contributed by atoms with Gasteiger partial charge in [-0.25, -0.2) is 0 Å². The first-order valence-electron chi connectivity index (χ1n) is 3.87. The Morgan fingerprint density at radius 1 is 1.64 bits per heavy atom. The summed E-state index contributed by atoms with van der Waals surface area (Å²) in [7, 11) is 0. The third-order valence-corrected chi connectivity index (χ3v) is 1.52. The van der Waals surface area contributed by atoms with Gasteiger partial charge in [0.1, 0.15) is 0 Å². The molecule has 0 aliphatic carbocycles. The Morgan fingerprint density at radius 2 is 2.18 bits per heavy atom. The maximum atomic E-state index is 11.1. The predicted octanol–water partition coefficient (Wildman–Crippen LogP) is -0.813. The van der Waals surface area contributed by atoms with Gasteiger partial charge in [0.25, 0.3) is 0 Å². The lowest BCUT2D eigenvalue weighted by molar-refractivity contribution is -0.122. The molecule has 66 valence electrons. The Kier molecular flexibility index (Phi) is 4.81. The SMILES string of the molecule is CC[C@@H](N)C(=O)N[C@H](C)CN. The van der Waals surface area contributed by atoms with Crippen LogP contribution in [0.4, 0.5) is 0 Å². The van der Waals surface area contributed by atoms with E-state index in [1.165, 1.54) is 0 Å². The molecule has 0 spiro atoms. The van der Waals surface area contributed by atoms with Crippen LogP contribution < -0.4 is 16.8 Å². The fraction of sp³-hybridized carbons (Fsp3) is 0.857. The zero-order valence-corrected chi connectivity index (χ0v) is 7.13. The van der Waals surface area contributed by atoms with Gasteiger partial charge in [-0.1, -0.05) is 6.92 Å². The van der Waals surface area contributed by atoms with E-state index in [1.807, 2.05) is 13.8 Å². The van der Waals surface area contributed by atoms with Crippen LogP contribution in [-0.4, -0.2) is 24.5 Å². The smallest absolute Gasteiger partial charge is 0.237 e. The van der Waals surface area contributed by atoms with Gasteiger partial charge in [0.15, 0.2) is 0 Å². The number of hydrogen-bond acceptors (Lipinski definition) is 3. The number of carbonyl (C=O) groups is 1. The highest BCUT2D eigenvalue weighted by atomic mass is 16.2. The predicted molar refractivity (Wildman–Crippen MR) is 44.9 cm³/mol. The standard InChI is InChI=1S/C7H17N3O/c1-3-6(9)7(11)10-5(2)4-8/h5-6H,3-4,8-9H2,1-2H3,(H,10,11)/t5-,6-/m1/s1. The van der Waals surface area contributed by atoms with Gasteiger partial charge in [0.05, 0.1) is 6.04 Å². The van der Waals surface area contributed by atoms with E-state index >= 15 is 0 Å². The van der Waals surface area contributed by atoms with E-state index in [0.29, 0.717) is 13.0 Å². The van der Waals surface area contributed by atoms with Gasteiger partial charge >= 0.3 is 0 Å². The lowest BCUT2D eigenvalue weighted by Crippen LogP contribution is -2.46. The van der Waals surface area contributed by atoms with E-state index in [-0.39, 0.29) is 11.9 Å². The molecule has 4 heteroatoms. The summed E-state index contributed by atoms with van der Waals surface area (Å²) in [6.07, 6.45) is 0.656. The zero-order chi connectivity index (χ0) is 8.85. The van der Waals surface area contributed by atoms with E-state index in [9.17, 15) is 4.79 Å². The highest BCUT2D eigenvalue weighted by Gasteiger charge is 2.11. The first-order valence-corrected chi connectivity index (χ1v) is 3.87. The van der Waals surface area contributed by atoms with Crippen LogP contribution in [0.3, 0.4) is 0 Å². The molecule has 2 atom stereocenters. The third kappa shape index (κ3) is 3.95. The van der Waals surface area contributed by atoms with Crippen molar-refractivity contribution in [3.05, 3.63) is 0 Å². The molecule has 0 aliphatic heterocycles. The average Bonchev–Trinajstić information content (AvgIpc) is 2.02. The average molecular weight is 159 g/mol.